The summed E-state index contributed by atoms with van der Waals surface area (Å²) in [5.41, 5.74) is -0.683. The maximum Gasteiger partial charge on any atom is 0.413 e. The van der Waals surface area contributed by atoms with Crippen molar-refractivity contribution in [2.24, 2.45) is 0 Å². The minimum atomic E-state index is -1.15. The highest BCUT2D eigenvalue weighted by atomic mass is 16.6. The van der Waals surface area contributed by atoms with E-state index in [1.165, 1.54) is 17.3 Å². The molecular weight excluding hydrogens is 482 g/mol. The van der Waals surface area contributed by atoms with Crippen molar-refractivity contribution in [1.82, 2.24) is 15.0 Å². The summed E-state index contributed by atoms with van der Waals surface area (Å²) in [5.74, 6) is -1.19. The van der Waals surface area contributed by atoms with Crippen LogP contribution < -0.4 is 21.3 Å². The molecule has 37 heavy (non-hydrogen) atoms. The van der Waals surface area contributed by atoms with Crippen molar-refractivity contribution in [2.45, 2.75) is 70.7 Å². The Morgan fingerprint density at radius 2 is 1.81 bits per heavy atom. The molecule has 0 spiro atoms. The molecule has 200 valence electrons. The lowest BCUT2D eigenvalue weighted by Crippen LogP contribution is -2.60. The van der Waals surface area contributed by atoms with Crippen LogP contribution in [0.3, 0.4) is 0 Å². The first-order valence-electron chi connectivity index (χ1n) is 12.1. The van der Waals surface area contributed by atoms with Crippen molar-refractivity contribution in [3.63, 3.8) is 0 Å². The molecule has 3 N–H and O–H groups in total. The molecule has 12 heteroatoms. The summed E-state index contributed by atoms with van der Waals surface area (Å²) in [4.78, 5) is 53.0. The van der Waals surface area contributed by atoms with Gasteiger partial charge in [-0.05, 0) is 45.2 Å². The van der Waals surface area contributed by atoms with Gasteiger partial charge in [-0.3, -0.25) is 15.1 Å². The Hall–Kier alpha value is -4.09. The number of rotatable bonds is 8. The second-order valence-electron chi connectivity index (χ2n) is 9.72. The van der Waals surface area contributed by atoms with Gasteiger partial charge in [0.25, 0.3) is 0 Å². The molecule has 1 heterocycles. The maximum atomic E-state index is 12.9. The van der Waals surface area contributed by atoms with Crippen molar-refractivity contribution in [2.75, 3.05) is 16.9 Å². The van der Waals surface area contributed by atoms with Gasteiger partial charge in [0.15, 0.2) is 0 Å². The number of amides is 2. The first-order chi connectivity index (χ1) is 17.5. The summed E-state index contributed by atoms with van der Waals surface area (Å²) in [6, 6.07) is 9.53. The van der Waals surface area contributed by atoms with Gasteiger partial charge in [0, 0.05) is 6.20 Å². The average molecular weight is 516 g/mol. The van der Waals surface area contributed by atoms with Crippen LogP contribution in [0.25, 0.3) is 0 Å². The molecule has 1 saturated carbocycles. The Balaban J connectivity index is 1.74. The Labute approximate surface area is 214 Å². The third kappa shape index (κ3) is 8.51. The number of anilines is 1. The van der Waals surface area contributed by atoms with Gasteiger partial charge in [0.1, 0.15) is 24.6 Å². The Bertz CT molecular complexity index is 1150. The second kappa shape index (κ2) is 12.2. The van der Waals surface area contributed by atoms with Crippen LogP contribution in [-0.4, -0.2) is 57.2 Å². The molecule has 2 atom stereocenters. The van der Waals surface area contributed by atoms with Gasteiger partial charge in [-0.2, -0.15) is 4.98 Å². The van der Waals surface area contributed by atoms with Gasteiger partial charge in [-0.15, -0.1) is 0 Å². The van der Waals surface area contributed by atoms with Gasteiger partial charge < -0.3 is 19.9 Å². The van der Waals surface area contributed by atoms with Gasteiger partial charge in [0.05, 0.1) is 12.1 Å². The number of nitrogens with zero attached hydrogens (tertiary/aromatic N) is 3. The predicted octanol–water partition coefficient (Wildman–Crippen LogP) is 2.85. The Kier molecular flexibility index (Phi) is 9.10. The average Bonchev–Trinajstić information content (AvgIpc) is 2.81. The summed E-state index contributed by atoms with van der Waals surface area (Å²) >= 11 is 0. The third-order valence-electron chi connectivity index (χ3n) is 5.62. The van der Waals surface area contributed by atoms with E-state index in [0.29, 0.717) is 12.8 Å². The topological polar surface area (TPSA) is 152 Å². The molecule has 12 nitrogen and oxygen atoms in total. The number of hydrogen-bond acceptors (Lipinski definition) is 8. The number of ether oxygens (including phenoxy) is 2. The minimum Gasteiger partial charge on any atom is -0.480 e. The fourth-order valence-electron chi connectivity index (χ4n) is 4.11. The highest BCUT2D eigenvalue weighted by Crippen LogP contribution is 2.23. The molecule has 1 fully saturated rings. The third-order valence-corrected chi connectivity index (χ3v) is 5.62. The van der Waals surface area contributed by atoms with Gasteiger partial charge in [-0.1, -0.05) is 43.2 Å². The Morgan fingerprint density at radius 1 is 1.11 bits per heavy atom. The normalized spacial score (nSPS) is 17.4. The number of aromatic nitrogens is 2. The van der Waals surface area contributed by atoms with Gasteiger partial charge >= 0.3 is 23.8 Å². The number of hydrogen-bond donors (Lipinski definition) is 3. The quantitative estimate of drug-likeness (QED) is 0.482. The highest BCUT2D eigenvalue weighted by molar-refractivity contribution is 5.83. The fourth-order valence-corrected chi connectivity index (χ4v) is 4.11. The van der Waals surface area contributed by atoms with E-state index < -0.39 is 48.1 Å². The zero-order chi connectivity index (χ0) is 27.0. The Morgan fingerprint density at radius 3 is 2.46 bits per heavy atom. The maximum absolute atomic E-state index is 12.9. The summed E-state index contributed by atoms with van der Waals surface area (Å²) in [6.45, 7) is 4.80. The van der Waals surface area contributed by atoms with Gasteiger partial charge in [0.2, 0.25) is 0 Å². The van der Waals surface area contributed by atoms with E-state index in [1.54, 1.807) is 32.9 Å². The molecule has 0 aliphatic heterocycles. The summed E-state index contributed by atoms with van der Waals surface area (Å²) in [7, 11) is 0. The lowest BCUT2D eigenvalue weighted by atomic mass is 9.90. The SMILES string of the molecule is CC(C)(C)OC(=O)N[C@@H]1CCCC[C@@H]1N(CC(=O)O)n1ccc(NC(=O)OCc2ccccc2)nc1=O. The zero-order valence-corrected chi connectivity index (χ0v) is 21.2. The van der Waals surface area contributed by atoms with Crippen LogP contribution >= 0.6 is 0 Å². The number of carbonyl (C=O) groups is 3. The number of aliphatic carboxylic acids is 1. The molecular formula is C25H33N5O7. The minimum absolute atomic E-state index is 0.0401. The molecule has 3 rings (SSSR count). The van der Waals surface area contributed by atoms with E-state index in [4.69, 9.17) is 9.47 Å². The molecule has 1 aliphatic rings. The van der Waals surface area contributed by atoms with Crippen LogP contribution in [0, 0.1) is 0 Å². The smallest absolute Gasteiger partial charge is 0.413 e. The number of alkyl carbamates (subject to hydrolysis) is 1. The van der Waals surface area contributed by atoms with E-state index in [1.807, 2.05) is 18.2 Å². The van der Waals surface area contributed by atoms with E-state index in [0.717, 1.165) is 23.1 Å². The predicted molar refractivity (Wildman–Crippen MR) is 135 cm³/mol. The monoisotopic (exact) mass is 515 g/mol. The molecule has 2 aromatic rings. The molecule has 0 radical (unpaired) electrons. The van der Waals surface area contributed by atoms with Crippen LogP contribution in [0.4, 0.5) is 15.4 Å². The van der Waals surface area contributed by atoms with Crippen molar-refractivity contribution >= 4 is 24.0 Å². The second-order valence-corrected chi connectivity index (χ2v) is 9.72. The van der Waals surface area contributed by atoms with Gasteiger partial charge in [-0.25, -0.2) is 19.1 Å². The van der Waals surface area contributed by atoms with E-state index in [2.05, 4.69) is 15.6 Å². The largest absolute Gasteiger partial charge is 0.480 e. The van der Waals surface area contributed by atoms with E-state index in [9.17, 15) is 24.3 Å². The summed E-state index contributed by atoms with van der Waals surface area (Å²) < 4.78 is 11.6. The molecule has 1 aromatic heterocycles. The van der Waals surface area contributed by atoms with E-state index >= 15 is 0 Å². The number of carbonyl (C=O) groups excluding carboxylic acids is 2. The van der Waals surface area contributed by atoms with E-state index in [-0.39, 0.29) is 12.4 Å². The molecule has 2 amide bonds. The zero-order valence-electron chi connectivity index (χ0n) is 21.2. The number of nitrogens with one attached hydrogen (secondary N) is 2. The molecule has 0 unspecified atom stereocenters. The van der Waals surface area contributed by atoms with Crippen molar-refractivity contribution < 1.29 is 29.0 Å². The van der Waals surface area contributed by atoms with Crippen LogP contribution in [0.2, 0.25) is 0 Å². The standard InChI is InChI=1S/C25H33N5O7/c1-25(2,3)37-24(35)26-18-11-7-8-12-19(18)30(15-21(31)32)29-14-13-20(27-22(29)33)28-23(34)36-16-17-9-5-4-6-10-17/h4-6,9-10,13-14,18-19H,7-8,11-12,15-16H2,1-3H3,(H,26,35)(H,31,32)(H,27,28,33,34)/t18-,19+/m1/s1. The number of carboxylic acid groups (broad SMARTS) is 1. The first-order valence-corrected chi connectivity index (χ1v) is 12.1. The highest BCUT2D eigenvalue weighted by Gasteiger charge is 2.34. The summed E-state index contributed by atoms with van der Waals surface area (Å²) in [6.07, 6.45) is 2.70. The van der Waals surface area contributed by atoms with Crippen LogP contribution in [0.15, 0.2) is 47.4 Å². The summed E-state index contributed by atoms with van der Waals surface area (Å²) in [5, 5.41) is 16.2. The molecule has 1 aliphatic carbocycles. The number of benzene rings is 1. The number of carboxylic acids is 1. The van der Waals surface area contributed by atoms with Crippen molar-refractivity contribution in [1.29, 1.82) is 0 Å². The first kappa shape index (κ1) is 27.5. The lowest BCUT2D eigenvalue weighted by Gasteiger charge is -2.40. The van der Waals surface area contributed by atoms with Crippen LogP contribution in [-0.2, 0) is 20.9 Å². The van der Waals surface area contributed by atoms with Crippen LogP contribution in [0.5, 0.6) is 0 Å². The molecule has 1 aromatic carbocycles. The lowest BCUT2D eigenvalue weighted by molar-refractivity contribution is -0.135. The van der Waals surface area contributed by atoms with Crippen molar-refractivity contribution in [3.8, 4) is 0 Å². The van der Waals surface area contributed by atoms with Crippen molar-refractivity contribution in [3.05, 3.63) is 58.6 Å². The van der Waals surface area contributed by atoms with Crippen LogP contribution in [0.1, 0.15) is 52.0 Å². The fraction of sp³-hybridized carbons (Fsp3) is 0.480. The molecule has 0 saturated heterocycles. The molecule has 0 bridgehead atoms.